The predicted molar refractivity (Wildman–Crippen MR) is 108 cm³/mol. The molecule has 0 atom stereocenters. The van der Waals surface area contributed by atoms with Gasteiger partial charge in [0, 0.05) is 32.4 Å². The van der Waals surface area contributed by atoms with Gasteiger partial charge < -0.3 is 17.0 Å². The average molecular weight is 554 g/mol. The molecule has 0 spiro atoms. The number of carbonyl (C=O) groups excluding carboxylic acids is 3. The predicted octanol–water partition coefficient (Wildman–Crippen LogP) is 3.32. The molecule has 0 saturated heterocycles. The number of fused-ring (bicyclic) bond motifs is 2. The van der Waals surface area contributed by atoms with Crippen molar-refractivity contribution in [2.45, 2.75) is 12.8 Å². The number of Topliss-reactive ketones (excluding diaryl/α,β-unsaturated/α-hetero) is 2. The van der Waals surface area contributed by atoms with Gasteiger partial charge in [0.1, 0.15) is 0 Å². The van der Waals surface area contributed by atoms with Crippen LogP contribution in [-0.2, 0) is 43.5 Å². The van der Waals surface area contributed by atoms with Crippen LogP contribution in [0.4, 0.5) is 0 Å². The van der Waals surface area contributed by atoms with Crippen LogP contribution in [0.2, 0.25) is 0 Å². The third-order valence-corrected chi connectivity index (χ3v) is 5.59. The van der Waals surface area contributed by atoms with Crippen LogP contribution in [-0.4, -0.2) is 24.0 Å². The van der Waals surface area contributed by atoms with E-state index in [4.69, 9.17) is 0 Å². The molecule has 5 heteroatoms. The Balaban J connectivity index is 0.00000240. The average Bonchev–Trinajstić information content (AvgIpc) is 3.12. The fraction of sp³-hybridized carbons (Fsp3) is 0.167. The van der Waals surface area contributed by atoms with Crippen molar-refractivity contribution in [3.63, 3.8) is 0 Å². The second-order valence-electron chi connectivity index (χ2n) is 7.30. The number of benzene rings is 3. The molecule has 0 saturated carbocycles. The Morgan fingerprint density at radius 1 is 0.862 bits per heavy atom. The van der Waals surface area contributed by atoms with Gasteiger partial charge in [-0.05, 0) is 46.9 Å². The monoisotopic (exact) mass is 554 g/mol. The van der Waals surface area contributed by atoms with E-state index in [9.17, 15) is 14.4 Å². The van der Waals surface area contributed by atoms with Crippen molar-refractivity contribution in [3.05, 3.63) is 90.3 Å². The summed E-state index contributed by atoms with van der Waals surface area (Å²) in [6, 6.07) is 20.8. The van der Waals surface area contributed by atoms with Gasteiger partial charge in [-0.3, -0.25) is 9.59 Å². The van der Waals surface area contributed by atoms with E-state index < -0.39 is 11.2 Å². The van der Waals surface area contributed by atoms with E-state index in [1.807, 2.05) is 54.6 Å². The zero-order chi connectivity index (χ0) is 19.7. The molecule has 146 valence electrons. The first-order valence-electron chi connectivity index (χ1n) is 9.23. The summed E-state index contributed by atoms with van der Waals surface area (Å²) in [4.78, 5) is 37.8. The van der Waals surface area contributed by atoms with E-state index in [-0.39, 0.29) is 39.3 Å². The molecule has 1 aliphatic rings. The molecule has 4 nitrogen and oxygen atoms in total. The zero-order valence-corrected chi connectivity index (χ0v) is 18.7. The van der Waals surface area contributed by atoms with Crippen LogP contribution in [0.5, 0.6) is 0 Å². The van der Waals surface area contributed by atoms with Crippen LogP contribution in [0, 0.1) is 12.3 Å². The van der Waals surface area contributed by atoms with E-state index in [0.29, 0.717) is 18.4 Å². The Morgan fingerprint density at radius 2 is 1.45 bits per heavy atom. The minimum atomic E-state index is -1.18. The molecule has 0 unspecified atom stereocenters. The molecule has 29 heavy (non-hydrogen) atoms. The van der Waals surface area contributed by atoms with Crippen molar-refractivity contribution in [3.8, 4) is 0 Å². The van der Waals surface area contributed by atoms with Gasteiger partial charge in [0.15, 0.2) is 5.78 Å². The smallest absolute Gasteiger partial charge is 0.251 e. The molecular formula is C24H20NO3W-. The van der Waals surface area contributed by atoms with Crippen molar-refractivity contribution in [1.29, 1.82) is 0 Å². The molecule has 0 heterocycles. The van der Waals surface area contributed by atoms with E-state index in [0.717, 1.165) is 21.9 Å². The summed E-state index contributed by atoms with van der Waals surface area (Å²) in [5.41, 5.74) is 1.29. The zero-order valence-electron chi connectivity index (χ0n) is 15.8. The summed E-state index contributed by atoms with van der Waals surface area (Å²) in [7, 11) is 0. The number of rotatable bonds is 5. The molecule has 0 radical (unpaired) electrons. The number of carbonyl (C=O) groups is 3. The molecular weight excluding hydrogens is 534 g/mol. The Bertz CT molecular complexity index is 1080. The number of amides is 1. The largest absolute Gasteiger partial charge is 0.345 e. The molecule has 1 amide bonds. The summed E-state index contributed by atoms with van der Waals surface area (Å²) in [6.07, 6.45) is 0.687. The van der Waals surface area contributed by atoms with E-state index in [1.54, 1.807) is 12.1 Å². The summed E-state index contributed by atoms with van der Waals surface area (Å²) < 4.78 is 0. The van der Waals surface area contributed by atoms with Crippen LogP contribution in [0.3, 0.4) is 0 Å². The maximum atomic E-state index is 12.9. The first-order valence-corrected chi connectivity index (χ1v) is 9.23. The van der Waals surface area contributed by atoms with Crippen LogP contribution in [0.1, 0.15) is 21.5 Å². The van der Waals surface area contributed by atoms with Gasteiger partial charge in [-0.2, -0.15) is 0 Å². The molecule has 0 aromatic heterocycles. The number of ketones is 2. The van der Waals surface area contributed by atoms with Gasteiger partial charge in [0.25, 0.3) is 5.91 Å². The first kappa shape index (κ1) is 21.0. The molecule has 4 rings (SSSR count). The van der Waals surface area contributed by atoms with E-state index >= 15 is 0 Å². The SMILES string of the molecule is [CH2-]C(=O)C1(C(=O)CNC(=O)c2ccc3ccccc3c2)Cc2ccccc2C1.[W]. The van der Waals surface area contributed by atoms with Crippen LogP contribution in [0.15, 0.2) is 66.7 Å². The first-order chi connectivity index (χ1) is 13.5. The van der Waals surface area contributed by atoms with E-state index in [1.165, 1.54) is 0 Å². The van der Waals surface area contributed by atoms with Gasteiger partial charge in [-0.1, -0.05) is 54.6 Å². The Morgan fingerprint density at radius 3 is 2.07 bits per heavy atom. The quantitative estimate of drug-likeness (QED) is 0.389. The maximum Gasteiger partial charge on any atom is 0.251 e. The van der Waals surface area contributed by atoms with Crippen LogP contribution >= 0.6 is 0 Å². The Labute approximate surface area is 184 Å². The number of hydrogen-bond acceptors (Lipinski definition) is 3. The fourth-order valence-corrected chi connectivity index (χ4v) is 3.93. The maximum absolute atomic E-state index is 12.9. The van der Waals surface area contributed by atoms with Crippen LogP contribution in [0.25, 0.3) is 10.8 Å². The summed E-state index contributed by atoms with van der Waals surface area (Å²) in [5.74, 6) is -1.02. The van der Waals surface area contributed by atoms with Crippen molar-refractivity contribution >= 4 is 28.2 Å². The summed E-state index contributed by atoms with van der Waals surface area (Å²) in [5, 5.41) is 4.68. The second-order valence-corrected chi connectivity index (χ2v) is 7.30. The standard InChI is InChI=1S/C24H20NO3.W/c1-16(26)24(13-20-8-4-5-9-21(20)14-24)22(27)15-25-23(28)19-11-10-17-6-2-3-7-18(17)12-19;/h2-12H,1,13-15H2,(H,25,28);/q-1;. The third-order valence-electron chi connectivity index (χ3n) is 5.59. The molecule has 0 aliphatic heterocycles. The number of hydrogen-bond donors (Lipinski definition) is 1. The van der Waals surface area contributed by atoms with Gasteiger partial charge in [-0.15, -0.1) is 0 Å². The molecule has 1 aliphatic carbocycles. The van der Waals surface area contributed by atoms with Crippen molar-refractivity contribution in [2.24, 2.45) is 5.41 Å². The Hall–Kier alpha value is -2.71. The van der Waals surface area contributed by atoms with Gasteiger partial charge in [-0.25, -0.2) is 0 Å². The fourth-order valence-electron chi connectivity index (χ4n) is 3.93. The Kier molecular flexibility index (Phi) is 6.04. The minimum Gasteiger partial charge on any atom is -0.345 e. The summed E-state index contributed by atoms with van der Waals surface area (Å²) in [6.45, 7) is 3.35. The topological polar surface area (TPSA) is 63.2 Å². The normalized spacial score (nSPS) is 13.9. The van der Waals surface area contributed by atoms with Crippen molar-refractivity contribution in [1.82, 2.24) is 5.32 Å². The minimum absolute atomic E-state index is 0. The molecule has 3 aromatic carbocycles. The van der Waals surface area contributed by atoms with Crippen molar-refractivity contribution in [2.75, 3.05) is 6.54 Å². The van der Waals surface area contributed by atoms with Crippen LogP contribution < -0.4 is 5.32 Å². The van der Waals surface area contributed by atoms with Gasteiger partial charge in [0.2, 0.25) is 0 Å². The molecule has 3 aromatic rings. The van der Waals surface area contributed by atoms with Gasteiger partial charge in [0.05, 0.1) is 12.0 Å². The molecule has 0 fully saturated rings. The summed E-state index contributed by atoms with van der Waals surface area (Å²) >= 11 is 0. The molecule has 0 bridgehead atoms. The number of nitrogens with one attached hydrogen (secondary N) is 1. The van der Waals surface area contributed by atoms with Crippen molar-refractivity contribution < 1.29 is 35.4 Å². The van der Waals surface area contributed by atoms with Gasteiger partial charge >= 0.3 is 0 Å². The molecule has 1 N–H and O–H groups in total. The third kappa shape index (κ3) is 3.90. The second kappa shape index (κ2) is 8.34. The van der Waals surface area contributed by atoms with E-state index in [2.05, 4.69) is 12.2 Å².